The summed E-state index contributed by atoms with van der Waals surface area (Å²) in [5.41, 5.74) is 0. The van der Waals surface area contributed by atoms with Crippen LogP contribution >= 0.6 is 0 Å². The molecule has 0 aromatic rings. The van der Waals surface area contributed by atoms with E-state index in [1.54, 1.807) is 0 Å². The van der Waals surface area contributed by atoms with Crippen LogP contribution in [0.15, 0.2) is 0 Å². The van der Waals surface area contributed by atoms with Gasteiger partial charge < -0.3 is 5.32 Å². The molecule has 3 N–H and O–H groups in total. The smallest absolute Gasteiger partial charge is 0.209 e. The van der Waals surface area contributed by atoms with Crippen molar-refractivity contribution in [1.82, 2.24) is 5.32 Å². The lowest BCUT2D eigenvalue weighted by atomic mass is 10.0. The topological polar surface area (TPSA) is 72.2 Å². The third-order valence-corrected chi connectivity index (χ3v) is 2.80. The Balaban J connectivity index is 2.36. The number of piperidine rings is 1. The van der Waals surface area contributed by atoms with Crippen LogP contribution in [0.3, 0.4) is 0 Å². The van der Waals surface area contributed by atoms with Crippen molar-refractivity contribution in [3.8, 4) is 0 Å². The number of sulfonamides is 1. The summed E-state index contributed by atoms with van der Waals surface area (Å²) in [7, 11) is -3.26. The van der Waals surface area contributed by atoms with E-state index in [1.807, 2.05) is 0 Å². The Kier molecular flexibility index (Phi) is 2.86. The molecule has 1 saturated heterocycles. The largest absolute Gasteiger partial charge is 0.316 e. The first kappa shape index (κ1) is 8.96. The molecular formula is C6H14N2O2S. The minimum Gasteiger partial charge on any atom is -0.316 e. The predicted molar refractivity (Wildman–Crippen MR) is 43.6 cm³/mol. The quantitative estimate of drug-likeness (QED) is 0.586. The van der Waals surface area contributed by atoms with Gasteiger partial charge in [-0.25, -0.2) is 13.6 Å². The third kappa shape index (κ3) is 3.69. The van der Waals surface area contributed by atoms with Crippen LogP contribution in [0.2, 0.25) is 0 Å². The van der Waals surface area contributed by atoms with E-state index in [0.717, 1.165) is 25.9 Å². The fourth-order valence-electron chi connectivity index (χ4n) is 1.39. The van der Waals surface area contributed by atoms with E-state index in [-0.39, 0.29) is 11.7 Å². The van der Waals surface area contributed by atoms with E-state index < -0.39 is 10.0 Å². The number of hydrogen-bond donors (Lipinski definition) is 2. The molecule has 1 atom stereocenters. The highest BCUT2D eigenvalue weighted by Crippen LogP contribution is 2.10. The Bertz CT molecular complexity index is 207. The zero-order valence-electron chi connectivity index (χ0n) is 6.41. The Morgan fingerprint density at radius 2 is 2.27 bits per heavy atom. The van der Waals surface area contributed by atoms with Crippen LogP contribution in [0.1, 0.15) is 12.8 Å². The summed E-state index contributed by atoms with van der Waals surface area (Å²) in [4.78, 5) is 0. The lowest BCUT2D eigenvalue weighted by Gasteiger charge is -2.21. The lowest BCUT2D eigenvalue weighted by molar-refractivity contribution is 0.404. The lowest BCUT2D eigenvalue weighted by Crippen LogP contribution is -2.35. The van der Waals surface area contributed by atoms with Crippen LogP contribution < -0.4 is 10.5 Å². The molecular weight excluding hydrogens is 164 g/mol. The highest BCUT2D eigenvalue weighted by molar-refractivity contribution is 7.89. The van der Waals surface area contributed by atoms with Gasteiger partial charge in [0.25, 0.3) is 0 Å². The second kappa shape index (κ2) is 3.51. The maximum Gasteiger partial charge on any atom is 0.209 e. The summed E-state index contributed by atoms with van der Waals surface area (Å²) in [6, 6.07) is 0. The van der Waals surface area contributed by atoms with E-state index in [1.165, 1.54) is 0 Å². The average molecular weight is 178 g/mol. The number of hydrogen-bond acceptors (Lipinski definition) is 3. The maximum absolute atomic E-state index is 10.6. The van der Waals surface area contributed by atoms with E-state index in [2.05, 4.69) is 5.32 Å². The number of rotatable bonds is 2. The molecule has 1 aliphatic rings. The van der Waals surface area contributed by atoms with Crippen molar-refractivity contribution in [2.45, 2.75) is 12.8 Å². The molecule has 4 nitrogen and oxygen atoms in total. The van der Waals surface area contributed by atoms with Crippen molar-refractivity contribution in [1.29, 1.82) is 0 Å². The molecule has 0 aliphatic carbocycles. The van der Waals surface area contributed by atoms with Gasteiger partial charge in [0.1, 0.15) is 0 Å². The second-order valence-electron chi connectivity index (χ2n) is 3.04. The van der Waals surface area contributed by atoms with Crippen LogP contribution in [0.4, 0.5) is 0 Å². The van der Waals surface area contributed by atoms with Gasteiger partial charge in [0.05, 0.1) is 5.75 Å². The van der Waals surface area contributed by atoms with Crippen molar-refractivity contribution < 1.29 is 8.42 Å². The Labute approximate surface area is 67.2 Å². The zero-order chi connectivity index (χ0) is 8.32. The molecule has 1 rings (SSSR count). The Morgan fingerprint density at radius 1 is 1.55 bits per heavy atom. The normalized spacial score (nSPS) is 26.8. The van der Waals surface area contributed by atoms with E-state index >= 15 is 0 Å². The first-order valence-electron chi connectivity index (χ1n) is 3.79. The van der Waals surface area contributed by atoms with Crippen molar-refractivity contribution in [2.24, 2.45) is 11.1 Å². The Morgan fingerprint density at radius 3 is 2.73 bits per heavy atom. The average Bonchev–Trinajstić information content (AvgIpc) is 1.85. The summed E-state index contributed by atoms with van der Waals surface area (Å²) in [6.07, 6.45) is 2.03. The summed E-state index contributed by atoms with van der Waals surface area (Å²) in [5.74, 6) is 0.346. The second-order valence-corrected chi connectivity index (χ2v) is 4.70. The van der Waals surface area contributed by atoms with Gasteiger partial charge in [0.15, 0.2) is 0 Å². The molecule has 0 spiro atoms. The van der Waals surface area contributed by atoms with Crippen LogP contribution in [0.25, 0.3) is 0 Å². The SMILES string of the molecule is NS(=O)(=O)CC1CCCNC1. The first-order chi connectivity index (χ1) is 5.08. The number of nitrogens with one attached hydrogen (secondary N) is 1. The van der Waals surface area contributed by atoms with Gasteiger partial charge in [0, 0.05) is 0 Å². The maximum atomic E-state index is 10.6. The van der Waals surface area contributed by atoms with Gasteiger partial charge >= 0.3 is 0 Å². The predicted octanol–water partition coefficient (Wildman–Crippen LogP) is -0.725. The monoisotopic (exact) mass is 178 g/mol. The first-order valence-corrected chi connectivity index (χ1v) is 5.50. The molecule has 66 valence electrons. The summed E-state index contributed by atoms with van der Waals surface area (Å²) >= 11 is 0. The molecule has 1 heterocycles. The summed E-state index contributed by atoms with van der Waals surface area (Å²) in [6.45, 7) is 1.79. The van der Waals surface area contributed by atoms with E-state index in [0.29, 0.717) is 0 Å². The van der Waals surface area contributed by atoms with Crippen LogP contribution in [0.5, 0.6) is 0 Å². The number of nitrogens with two attached hydrogens (primary N) is 1. The van der Waals surface area contributed by atoms with Gasteiger partial charge in [-0.15, -0.1) is 0 Å². The highest BCUT2D eigenvalue weighted by Gasteiger charge is 2.17. The molecule has 0 radical (unpaired) electrons. The molecule has 1 aliphatic heterocycles. The molecule has 0 saturated carbocycles. The molecule has 5 heteroatoms. The van der Waals surface area contributed by atoms with Crippen molar-refractivity contribution in [3.63, 3.8) is 0 Å². The zero-order valence-corrected chi connectivity index (χ0v) is 7.23. The van der Waals surface area contributed by atoms with Gasteiger partial charge in [-0.2, -0.15) is 0 Å². The summed E-state index contributed by atoms with van der Waals surface area (Å²) < 4.78 is 21.3. The van der Waals surface area contributed by atoms with Crippen molar-refractivity contribution in [3.05, 3.63) is 0 Å². The van der Waals surface area contributed by atoms with Gasteiger partial charge in [-0.1, -0.05) is 0 Å². The molecule has 0 bridgehead atoms. The molecule has 11 heavy (non-hydrogen) atoms. The van der Waals surface area contributed by atoms with Crippen LogP contribution in [0, 0.1) is 5.92 Å². The van der Waals surface area contributed by atoms with Gasteiger partial charge in [0.2, 0.25) is 10.0 Å². The highest BCUT2D eigenvalue weighted by atomic mass is 32.2. The summed E-state index contributed by atoms with van der Waals surface area (Å²) in [5, 5.41) is 8.05. The standard InChI is InChI=1S/C6H14N2O2S/c7-11(9,10)5-6-2-1-3-8-4-6/h6,8H,1-5H2,(H2,7,9,10). The van der Waals surface area contributed by atoms with Crippen molar-refractivity contribution >= 4 is 10.0 Å². The molecule has 1 fully saturated rings. The fraction of sp³-hybridized carbons (Fsp3) is 1.00. The van der Waals surface area contributed by atoms with Gasteiger partial charge in [-0.3, -0.25) is 0 Å². The molecule has 0 aromatic carbocycles. The van der Waals surface area contributed by atoms with Crippen LogP contribution in [-0.2, 0) is 10.0 Å². The fourth-order valence-corrected chi connectivity index (χ4v) is 2.34. The number of primary sulfonamides is 1. The Hall–Kier alpha value is -0.130. The van der Waals surface area contributed by atoms with E-state index in [9.17, 15) is 8.42 Å². The third-order valence-electron chi connectivity index (χ3n) is 1.87. The minimum absolute atomic E-state index is 0.125. The molecule has 0 aromatic heterocycles. The molecule has 1 unspecified atom stereocenters. The minimum atomic E-state index is -3.26. The van der Waals surface area contributed by atoms with Gasteiger partial charge in [-0.05, 0) is 31.8 Å². The van der Waals surface area contributed by atoms with Crippen molar-refractivity contribution in [2.75, 3.05) is 18.8 Å². The van der Waals surface area contributed by atoms with E-state index in [4.69, 9.17) is 5.14 Å². The van der Waals surface area contributed by atoms with Crippen LogP contribution in [-0.4, -0.2) is 27.3 Å². The molecule has 0 amide bonds.